The Morgan fingerprint density at radius 3 is 2.67 bits per heavy atom. The lowest BCUT2D eigenvalue weighted by atomic mass is 10.0. The van der Waals surface area contributed by atoms with Gasteiger partial charge in [0, 0.05) is 25.2 Å². The van der Waals surface area contributed by atoms with E-state index in [1.807, 2.05) is 49.4 Å². The second-order valence-corrected chi connectivity index (χ2v) is 6.13. The van der Waals surface area contributed by atoms with Crippen LogP contribution in [0.15, 0.2) is 48.5 Å². The monoisotopic (exact) mass is 322 g/mol. The molecule has 24 heavy (non-hydrogen) atoms. The number of para-hydroxylation sites is 1. The van der Waals surface area contributed by atoms with E-state index in [0.29, 0.717) is 25.9 Å². The first-order valence-corrected chi connectivity index (χ1v) is 8.34. The maximum atomic E-state index is 12.2. The van der Waals surface area contributed by atoms with Crippen LogP contribution in [0.1, 0.15) is 23.1 Å². The number of anilines is 1. The second kappa shape index (κ2) is 7.30. The van der Waals surface area contributed by atoms with E-state index in [9.17, 15) is 9.59 Å². The summed E-state index contributed by atoms with van der Waals surface area (Å²) in [7, 11) is 0. The smallest absolute Gasteiger partial charge is 0.227 e. The van der Waals surface area contributed by atoms with Crippen molar-refractivity contribution >= 4 is 17.5 Å². The molecule has 4 heteroatoms. The fraction of sp³-hybridized carbons (Fsp3) is 0.300. The quantitative estimate of drug-likeness (QED) is 0.920. The molecule has 0 saturated carbocycles. The second-order valence-electron chi connectivity index (χ2n) is 6.13. The Labute approximate surface area is 142 Å². The predicted molar refractivity (Wildman–Crippen MR) is 95.0 cm³/mol. The molecule has 2 aromatic carbocycles. The van der Waals surface area contributed by atoms with Crippen molar-refractivity contribution in [3.05, 3.63) is 65.2 Å². The molecule has 1 aliphatic rings. The molecule has 0 aliphatic carbocycles. The standard InChI is InChI=1S/C20H22N2O2/c1-15-6-2-3-8-17(15)14-19(23)21-12-13-22-18-9-5-4-7-16(18)10-11-20(22)24/h2-9H,10-14H2,1H3,(H,21,23). The lowest BCUT2D eigenvalue weighted by molar-refractivity contribution is -0.121. The van der Waals surface area contributed by atoms with E-state index in [1.165, 1.54) is 5.56 Å². The van der Waals surface area contributed by atoms with Gasteiger partial charge in [-0.3, -0.25) is 9.59 Å². The van der Waals surface area contributed by atoms with E-state index in [0.717, 1.165) is 23.2 Å². The van der Waals surface area contributed by atoms with Crippen LogP contribution >= 0.6 is 0 Å². The number of hydrogen-bond acceptors (Lipinski definition) is 2. The van der Waals surface area contributed by atoms with E-state index >= 15 is 0 Å². The highest BCUT2D eigenvalue weighted by molar-refractivity contribution is 5.96. The third-order valence-electron chi connectivity index (χ3n) is 4.46. The summed E-state index contributed by atoms with van der Waals surface area (Å²) in [5.41, 5.74) is 4.33. The van der Waals surface area contributed by atoms with Crippen LogP contribution < -0.4 is 10.2 Å². The van der Waals surface area contributed by atoms with Crippen LogP contribution in [-0.4, -0.2) is 24.9 Å². The lowest BCUT2D eigenvalue weighted by Crippen LogP contribution is -2.41. The summed E-state index contributed by atoms with van der Waals surface area (Å²) in [5.74, 6) is 0.115. The predicted octanol–water partition coefficient (Wildman–Crippen LogP) is 2.63. The molecule has 124 valence electrons. The molecule has 0 aromatic heterocycles. The van der Waals surface area contributed by atoms with Gasteiger partial charge in [-0.05, 0) is 36.1 Å². The summed E-state index contributed by atoms with van der Waals surface area (Å²) in [6.45, 7) is 2.98. The topological polar surface area (TPSA) is 49.4 Å². The van der Waals surface area contributed by atoms with E-state index in [1.54, 1.807) is 4.90 Å². The van der Waals surface area contributed by atoms with Crippen LogP contribution in [0.3, 0.4) is 0 Å². The van der Waals surface area contributed by atoms with Crippen LogP contribution in [-0.2, 0) is 22.4 Å². The fourth-order valence-electron chi connectivity index (χ4n) is 3.09. The Morgan fingerprint density at radius 1 is 1.08 bits per heavy atom. The summed E-state index contributed by atoms with van der Waals surface area (Å²) in [6.07, 6.45) is 1.70. The average molecular weight is 322 g/mol. The molecule has 0 saturated heterocycles. The van der Waals surface area contributed by atoms with Gasteiger partial charge in [-0.25, -0.2) is 0 Å². The van der Waals surface area contributed by atoms with Crippen molar-refractivity contribution in [2.75, 3.05) is 18.0 Å². The zero-order chi connectivity index (χ0) is 16.9. The van der Waals surface area contributed by atoms with Gasteiger partial charge in [0.25, 0.3) is 0 Å². The molecule has 0 fully saturated rings. The Kier molecular flexibility index (Phi) is 4.94. The van der Waals surface area contributed by atoms with Gasteiger partial charge < -0.3 is 10.2 Å². The highest BCUT2D eigenvalue weighted by Crippen LogP contribution is 2.26. The van der Waals surface area contributed by atoms with Crippen LogP contribution in [0.25, 0.3) is 0 Å². The fourth-order valence-corrected chi connectivity index (χ4v) is 3.09. The molecular formula is C20H22N2O2. The number of aryl methyl sites for hydroxylation is 2. The summed E-state index contributed by atoms with van der Waals surface area (Å²) < 4.78 is 0. The van der Waals surface area contributed by atoms with E-state index in [-0.39, 0.29) is 11.8 Å². The zero-order valence-corrected chi connectivity index (χ0v) is 13.9. The van der Waals surface area contributed by atoms with Crippen molar-refractivity contribution in [2.45, 2.75) is 26.2 Å². The van der Waals surface area contributed by atoms with Crippen LogP contribution in [0.4, 0.5) is 5.69 Å². The van der Waals surface area contributed by atoms with Crippen molar-refractivity contribution < 1.29 is 9.59 Å². The molecular weight excluding hydrogens is 300 g/mol. The molecule has 1 heterocycles. The highest BCUT2D eigenvalue weighted by Gasteiger charge is 2.23. The number of carbonyl (C=O) groups is 2. The number of benzene rings is 2. The van der Waals surface area contributed by atoms with Crippen LogP contribution in [0.2, 0.25) is 0 Å². The Morgan fingerprint density at radius 2 is 1.83 bits per heavy atom. The van der Waals surface area contributed by atoms with Gasteiger partial charge in [0.1, 0.15) is 0 Å². The number of rotatable bonds is 5. The Bertz CT molecular complexity index is 755. The number of carbonyl (C=O) groups excluding carboxylic acids is 2. The molecule has 1 aliphatic heterocycles. The molecule has 0 atom stereocenters. The number of nitrogens with zero attached hydrogens (tertiary/aromatic N) is 1. The van der Waals surface area contributed by atoms with Gasteiger partial charge in [-0.15, -0.1) is 0 Å². The molecule has 4 nitrogen and oxygen atoms in total. The van der Waals surface area contributed by atoms with E-state index in [4.69, 9.17) is 0 Å². The van der Waals surface area contributed by atoms with Gasteiger partial charge in [-0.2, -0.15) is 0 Å². The van der Waals surface area contributed by atoms with Crippen molar-refractivity contribution in [3.63, 3.8) is 0 Å². The van der Waals surface area contributed by atoms with Crippen molar-refractivity contribution in [2.24, 2.45) is 0 Å². The minimum atomic E-state index is -0.0120. The number of nitrogens with one attached hydrogen (secondary N) is 1. The minimum Gasteiger partial charge on any atom is -0.354 e. The number of hydrogen-bond donors (Lipinski definition) is 1. The van der Waals surface area contributed by atoms with Gasteiger partial charge in [-0.1, -0.05) is 42.5 Å². The molecule has 0 spiro atoms. The van der Waals surface area contributed by atoms with Crippen molar-refractivity contribution in [3.8, 4) is 0 Å². The largest absolute Gasteiger partial charge is 0.354 e. The first kappa shape index (κ1) is 16.2. The Hall–Kier alpha value is -2.62. The molecule has 3 rings (SSSR count). The molecule has 0 unspecified atom stereocenters. The normalized spacial score (nSPS) is 13.5. The maximum absolute atomic E-state index is 12.2. The SMILES string of the molecule is Cc1ccccc1CC(=O)NCCN1C(=O)CCc2ccccc21. The number of fused-ring (bicyclic) bond motifs is 1. The van der Waals surface area contributed by atoms with E-state index < -0.39 is 0 Å². The summed E-state index contributed by atoms with van der Waals surface area (Å²) in [4.78, 5) is 26.1. The third kappa shape index (κ3) is 3.65. The highest BCUT2D eigenvalue weighted by atomic mass is 16.2. The molecule has 2 aromatic rings. The van der Waals surface area contributed by atoms with Gasteiger partial charge in [0.2, 0.25) is 11.8 Å². The number of amides is 2. The molecule has 1 N–H and O–H groups in total. The third-order valence-corrected chi connectivity index (χ3v) is 4.46. The van der Waals surface area contributed by atoms with Crippen LogP contribution in [0, 0.1) is 6.92 Å². The molecule has 0 bridgehead atoms. The summed E-state index contributed by atoms with van der Waals surface area (Å²) >= 11 is 0. The summed E-state index contributed by atoms with van der Waals surface area (Å²) in [5, 5.41) is 2.92. The average Bonchev–Trinajstić information content (AvgIpc) is 2.59. The van der Waals surface area contributed by atoms with Crippen LogP contribution in [0.5, 0.6) is 0 Å². The maximum Gasteiger partial charge on any atom is 0.227 e. The first-order valence-electron chi connectivity index (χ1n) is 8.34. The van der Waals surface area contributed by atoms with Gasteiger partial charge in [0.15, 0.2) is 0 Å². The summed E-state index contributed by atoms with van der Waals surface area (Å²) in [6, 6.07) is 15.9. The lowest BCUT2D eigenvalue weighted by Gasteiger charge is -2.29. The molecule has 2 amide bonds. The molecule has 0 radical (unpaired) electrons. The Balaban J connectivity index is 1.56. The van der Waals surface area contributed by atoms with E-state index in [2.05, 4.69) is 11.4 Å². The zero-order valence-electron chi connectivity index (χ0n) is 13.9. The first-order chi connectivity index (χ1) is 11.6. The van der Waals surface area contributed by atoms with Gasteiger partial charge >= 0.3 is 0 Å². The van der Waals surface area contributed by atoms with Crippen molar-refractivity contribution in [1.82, 2.24) is 5.32 Å². The van der Waals surface area contributed by atoms with Gasteiger partial charge in [0.05, 0.1) is 6.42 Å². The minimum absolute atomic E-state index is 0.0120. The van der Waals surface area contributed by atoms with Crippen molar-refractivity contribution in [1.29, 1.82) is 0 Å².